The number of aliphatic carboxylic acids is 1. The third-order valence-corrected chi connectivity index (χ3v) is 4.40. The monoisotopic (exact) mass is 434 g/mol. The number of hydrogen-bond donors (Lipinski definition) is 3. The van der Waals surface area contributed by atoms with E-state index in [0.29, 0.717) is 0 Å². The molecule has 0 aliphatic rings. The Hall–Kier alpha value is -3.51. The van der Waals surface area contributed by atoms with E-state index in [1.54, 1.807) is 0 Å². The van der Waals surface area contributed by atoms with Crippen LogP contribution in [0.2, 0.25) is 0 Å². The summed E-state index contributed by atoms with van der Waals surface area (Å²) in [7, 11) is 0. The van der Waals surface area contributed by atoms with E-state index in [1.807, 2.05) is 0 Å². The summed E-state index contributed by atoms with van der Waals surface area (Å²) in [6.45, 7) is 2.50. The third kappa shape index (κ3) is 5.16. The van der Waals surface area contributed by atoms with E-state index in [-0.39, 0.29) is 29.6 Å². The Labute approximate surface area is 175 Å². The molecule has 2 unspecified atom stereocenters. The average Bonchev–Trinajstić information content (AvgIpc) is 3.10. The van der Waals surface area contributed by atoms with Gasteiger partial charge in [0.15, 0.2) is 5.82 Å². The van der Waals surface area contributed by atoms with Gasteiger partial charge in [0.1, 0.15) is 17.5 Å². The number of carboxylic acid groups (broad SMARTS) is 1. The van der Waals surface area contributed by atoms with Gasteiger partial charge in [-0.3, -0.25) is 4.79 Å². The van der Waals surface area contributed by atoms with Gasteiger partial charge in [-0.15, -0.1) is 10.2 Å². The van der Waals surface area contributed by atoms with E-state index in [4.69, 9.17) is 10.5 Å². The number of pyridine rings is 1. The second-order valence-corrected chi connectivity index (χ2v) is 7.34. The van der Waals surface area contributed by atoms with E-state index in [1.165, 1.54) is 38.2 Å². The van der Waals surface area contributed by atoms with Crippen molar-refractivity contribution in [1.29, 1.82) is 0 Å². The Morgan fingerprint density at radius 3 is 2.65 bits per heavy atom. The zero-order valence-electron chi connectivity index (χ0n) is 16.6. The normalized spacial score (nSPS) is 13.6. The van der Waals surface area contributed by atoms with Gasteiger partial charge in [-0.1, -0.05) is 0 Å². The lowest BCUT2D eigenvalue weighted by Gasteiger charge is -2.29. The summed E-state index contributed by atoms with van der Waals surface area (Å²) >= 11 is 0. The van der Waals surface area contributed by atoms with Crippen molar-refractivity contribution in [3.05, 3.63) is 48.2 Å². The van der Waals surface area contributed by atoms with Crippen molar-refractivity contribution in [2.75, 3.05) is 0 Å². The van der Waals surface area contributed by atoms with Crippen LogP contribution < -0.4 is 10.5 Å². The van der Waals surface area contributed by atoms with Gasteiger partial charge < -0.3 is 20.7 Å². The number of benzene rings is 1. The topological polar surface area (TPSA) is 149 Å². The maximum Gasteiger partial charge on any atom is 0.311 e. The summed E-state index contributed by atoms with van der Waals surface area (Å²) in [6, 6.07) is 5.25. The number of carbonyl (C=O) groups is 1. The molecule has 3 aromatic rings. The largest absolute Gasteiger partial charge is 0.481 e. The Bertz CT molecular complexity index is 1090. The molecule has 0 aliphatic carbocycles. The fourth-order valence-electron chi connectivity index (χ4n) is 3.03. The average molecular weight is 434 g/mol. The smallest absolute Gasteiger partial charge is 0.311 e. The fraction of sp³-hybridized carbons (Fsp3) is 0.316. The minimum atomic E-state index is -1.58. The Balaban J connectivity index is 1.76. The van der Waals surface area contributed by atoms with Crippen molar-refractivity contribution in [3.63, 3.8) is 0 Å². The van der Waals surface area contributed by atoms with Gasteiger partial charge in [0.25, 0.3) is 5.88 Å². The second-order valence-electron chi connectivity index (χ2n) is 7.34. The maximum absolute atomic E-state index is 14.6. The molecular formula is C19H20F2N6O4. The molecule has 2 aromatic heterocycles. The summed E-state index contributed by atoms with van der Waals surface area (Å²) < 4.78 is 33.4. The minimum absolute atomic E-state index is 0.00839. The molecule has 12 heteroatoms. The lowest BCUT2D eigenvalue weighted by Crippen LogP contribution is -2.50. The highest BCUT2D eigenvalue weighted by Gasteiger charge is 2.38. The summed E-state index contributed by atoms with van der Waals surface area (Å²) in [5.41, 5.74) is 4.34. The Kier molecular flexibility index (Phi) is 6.22. The second kappa shape index (κ2) is 8.70. The highest BCUT2D eigenvalue weighted by Crippen LogP contribution is 2.27. The van der Waals surface area contributed by atoms with Crippen LogP contribution in [0, 0.1) is 17.6 Å². The van der Waals surface area contributed by atoms with Crippen LogP contribution in [0.3, 0.4) is 0 Å². The van der Waals surface area contributed by atoms with E-state index < -0.39 is 35.2 Å². The zero-order chi connectivity index (χ0) is 22.8. The molecule has 0 radical (unpaired) electrons. The SMILES string of the molecule is CC(C)(O)C(C(=O)O)C(N)Cn1nnc(-c2ccc(Oc3ncccc3F)cc2F)n1. The van der Waals surface area contributed by atoms with Crippen LogP contribution in [0.5, 0.6) is 11.6 Å². The fourth-order valence-corrected chi connectivity index (χ4v) is 3.03. The van der Waals surface area contributed by atoms with E-state index in [9.17, 15) is 23.8 Å². The molecule has 0 saturated carbocycles. The number of halogens is 2. The molecule has 0 aliphatic heterocycles. The number of aliphatic hydroxyl groups is 1. The summed E-state index contributed by atoms with van der Waals surface area (Å²) in [6.07, 6.45) is 1.34. The molecule has 4 N–H and O–H groups in total. The number of nitrogens with two attached hydrogens (primary N) is 1. The van der Waals surface area contributed by atoms with Crippen LogP contribution in [-0.2, 0) is 11.3 Å². The summed E-state index contributed by atoms with van der Waals surface area (Å²) in [5, 5.41) is 30.9. The van der Waals surface area contributed by atoms with Crippen LogP contribution in [0.15, 0.2) is 36.5 Å². The lowest BCUT2D eigenvalue weighted by molar-refractivity contribution is -0.151. The summed E-state index contributed by atoms with van der Waals surface area (Å²) in [4.78, 5) is 16.2. The first-order valence-electron chi connectivity index (χ1n) is 9.13. The quantitative estimate of drug-likeness (QED) is 0.480. The van der Waals surface area contributed by atoms with Crippen LogP contribution in [0.1, 0.15) is 13.8 Å². The number of nitrogens with zero attached hydrogens (tertiary/aromatic N) is 5. The lowest BCUT2D eigenvalue weighted by atomic mass is 9.85. The van der Waals surface area contributed by atoms with Crippen LogP contribution >= 0.6 is 0 Å². The number of aromatic nitrogens is 5. The molecule has 0 fully saturated rings. The highest BCUT2D eigenvalue weighted by atomic mass is 19.1. The molecule has 1 aromatic carbocycles. The van der Waals surface area contributed by atoms with Gasteiger partial charge in [0, 0.05) is 18.3 Å². The van der Waals surface area contributed by atoms with Gasteiger partial charge in [-0.05, 0) is 43.3 Å². The molecular weight excluding hydrogens is 414 g/mol. The van der Waals surface area contributed by atoms with Crippen LogP contribution in [0.4, 0.5) is 8.78 Å². The molecule has 31 heavy (non-hydrogen) atoms. The van der Waals surface area contributed by atoms with Crippen molar-refractivity contribution < 1.29 is 28.5 Å². The third-order valence-electron chi connectivity index (χ3n) is 4.40. The van der Waals surface area contributed by atoms with Gasteiger partial charge in [0.05, 0.1) is 17.7 Å². The molecule has 164 valence electrons. The van der Waals surface area contributed by atoms with E-state index in [2.05, 4.69) is 20.4 Å². The van der Waals surface area contributed by atoms with Gasteiger partial charge in [-0.2, -0.15) is 4.80 Å². The molecule has 0 amide bonds. The standard InChI is InChI=1S/C19H20F2N6O4/c1-19(2,30)15(18(28)29)14(22)9-27-25-16(24-26-27)11-6-5-10(8-13(11)21)31-17-12(20)4-3-7-23-17/h3-8,14-15,30H,9,22H2,1-2H3,(H,28,29). The van der Waals surface area contributed by atoms with E-state index >= 15 is 0 Å². The van der Waals surface area contributed by atoms with Crippen LogP contribution in [0.25, 0.3) is 11.4 Å². The Morgan fingerprint density at radius 2 is 2.03 bits per heavy atom. The molecule has 0 bridgehead atoms. The van der Waals surface area contributed by atoms with Gasteiger partial charge in [-0.25, -0.2) is 13.8 Å². The summed E-state index contributed by atoms with van der Waals surface area (Å²) in [5.74, 6) is -4.37. The highest BCUT2D eigenvalue weighted by molar-refractivity contribution is 5.72. The number of carboxylic acids is 1. The molecule has 0 spiro atoms. The molecule has 2 heterocycles. The Morgan fingerprint density at radius 1 is 1.29 bits per heavy atom. The first-order valence-corrected chi connectivity index (χ1v) is 9.13. The molecule has 3 rings (SSSR count). The first-order chi connectivity index (χ1) is 14.6. The predicted octanol–water partition coefficient (Wildman–Crippen LogP) is 1.60. The molecule has 2 atom stereocenters. The predicted molar refractivity (Wildman–Crippen MR) is 103 cm³/mol. The number of rotatable bonds is 8. The maximum atomic E-state index is 14.6. The van der Waals surface area contributed by atoms with Crippen molar-refractivity contribution >= 4 is 5.97 Å². The van der Waals surface area contributed by atoms with Crippen molar-refractivity contribution in [2.45, 2.75) is 32.0 Å². The van der Waals surface area contributed by atoms with Crippen molar-refractivity contribution in [3.8, 4) is 23.0 Å². The van der Waals surface area contributed by atoms with Gasteiger partial charge >= 0.3 is 5.97 Å². The number of tetrazole rings is 1. The first kappa shape index (κ1) is 22.2. The molecule has 0 saturated heterocycles. The molecule has 10 nitrogen and oxygen atoms in total. The number of hydrogen-bond acceptors (Lipinski definition) is 8. The van der Waals surface area contributed by atoms with Crippen molar-refractivity contribution in [2.24, 2.45) is 11.7 Å². The number of ether oxygens (including phenoxy) is 1. The zero-order valence-corrected chi connectivity index (χ0v) is 16.6. The minimum Gasteiger partial charge on any atom is -0.481 e. The van der Waals surface area contributed by atoms with Crippen molar-refractivity contribution in [1.82, 2.24) is 25.2 Å². The van der Waals surface area contributed by atoms with E-state index in [0.717, 1.165) is 16.9 Å². The van der Waals surface area contributed by atoms with Gasteiger partial charge in [0.2, 0.25) is 5.82 Å². The van der Waals surface area contributed by atoms with Crippen LogP contribution in [-0.4, -0.2) is 53.0 Å².